The van der Waals surface area contributed by atoms with E-state index in [1.54, 1.807) is 24.3 Å². The molecule has 4 nitrogen and oxygen atoms in total. The Labute approximate surface area is 159 Å². The molecule has 0 aromatic heterocycles. The lowest BCUT2D eigenvalue weighted by atomic mass is 9.96. The molecule has 1 aromatic carbocycles. The molecule has 1 aliphatic heterocycles. The molecule has 1 aromatic rings. The van der Waals surface area contributed by atoms with Gasteiger partial charge in [-0.1, -0.05) is 47.8 Å². The molecule has 0 spiro atoms. The van der Waals surface area contributed by atoms with Crippen LogP contribution in [0.2, 0.25) is 0 Å². The standard InChI is InChI=1S/C18H19F2N3OS2/c19-17(20)25-14-8-6-12(7-9-14)10-15-16(24)22-18(26-15)23-21-11-13-4-2-1-3-5-13/h1-2,6-9,11,13,15,17H,3-5,10H2,(H,22,23,24)/b21-11-/t13-,15-/m0/s1. The number of carbonyl (C=O) groups is 1. The van der Waals surface area contributed by atoms with E-state index in [-0.39, 0.29) is 11.2 Å². The number of thioether (sulfide) groups is 2. The molecule has 1 heterocycles. The third-order valence-electron chi connectivity index (χ3n) is 4.08. The molecule has 1 aliphatic carbocycles. The van der Waals surface area contributed by atoms with Gasteiger partial charge in [-0.15, -0.1) is 5.10 Å². The van der Waals surface area contributed by atoms with Crippen molar-refractivity contribution in [1.29, 1.82) is 0 Å². The van der Waals surface area contributed by atoms with Gasteiger partial charge in [-0.25, -0.2) is 0 Å². The van der Waals surface area contributed by atoms with Gasteiger partial charge in [0.1, 0.15) is 0 Å². The molecule has 1 amide bonds. The first-order chi connectivity index (χ1) is 12.6. The summed E-state index contributed by atoms with van der Waals surface area (Å²) in [5.74, 6) is -2.12. The van der Waals surface area contributed by atoms with Crippen molar-refractivity contribution in [1.82, 2.24) is 5.32 Å². The highest BCUT2D eigenvalue weighted by Crippen LogP contribution is 2.27. The molecule has 8 heteroatoms. The summed E-state index contributed by atoms with van der Waals surface area (Å²) in [6, 6.07) is 6.87. The van der Waals surface area contributed by atoms with Gasteiger partial charge in [0.15, 0.2) is 5.17 Å². The number of nitrogens with one attached hydrogen (secondary N) is 1. The van der Waals surface area contributed by atoms with Crippen LogP contribution < -0.4 is 5.32 Å². The van der Waals surface area contributed by atoms with E-state index in [0.29, 0.717) is 34.2 Å². The van der Waals surface area contributed by atoms with E-state index >= 15 is 0 Å². The third kappa shape index (κ3) is 5.67. The number of nitrogens with zero attached hydrogens (tertiary/aromatic N) is 2. The highest BCUT2D eigenvalue weighted by atomic mass is 32.2. The van der Waals surface area contributed by atoms with Crippen molar-refractivity contribution < 1.29 is 13.6 Å². The molecule has 1 saturated heterocycles. The largest absolute Gasteiger partial charge is 0.303 e. The van der Waals surface area contributed by atoms with Crippen LogP contribution in [-0.4, -0.2) is 28.3 Å². The van der Waals surface area contributed by atoms with Crippen LogP contribution in [0.25, 0.3) is 0 Å². The van der Waals surface area contributed by atoms with Gasteiger partial charge in [-0.05, 0) is 49.3 Å². The number of allylic oxidation sites excluding steroid dienone is 2. The molecular formula is C18H19F2N3OS2. The lowest BCUT2D eigenvalue weighted by Gasteiger charge is -2.10. The fraction of sp³-hybridized carbons (Fsp3) is 0.389. The summed E-state index contributed by atoms with van der Waals surface area (Å²) >= 11 is 1.87. The van der Waals surface area contributed by atoms with Gasteiger partial charge in [0, 0.05) is 11.1 Å². The molecule has 0 radical (unpaired) electrons. The maximum absolute atomic E-state index is 12.3. The van der Waals surface area contributed by atoms with Crippen LogP contribution in [0.5, 0.6) is 0 Å². The number of amides is 1. The van der Waals surface area contributed by atoms with Crippen LogP contribution in [0.15, 0.2) is 51.5 Å². The van der Waals surface area contributed by atoms with Gasteiger partial charge in [-0.2, -0.15) is 13.9 Å². The van der Waals surface area contributed by atoms with Gasteiger partial charge in [0.2, 0.25) is 5.91 Å². The molecule has 0 unspecified atom stereocenters. The Kier molecular flexibility index (Phi) is 6.85. The number of carbonyl (C=O) groups excluding carboxylic acids is 1. The number of halogens is 2. The normalized spacial score (nSPS) is 24.7. The second-order valence-corrected chi connectivity index (χ2v) is 8.29. The molecule has 1 fully saturated rings. The van der Waals surface area contributed by atoms with Crippen molar-refractivity contribution in [2.75, 3.05) is 0 Å². The number of hydrogen-bond donors (Lipinski definition) is 1. The van der Waals surface area contributed by atoms with E-state index in [1.807, 2.05) is 6.21 Å². The second-order valence-electron chi connectivity index (χ2n) is 6.04. The Bertz CT molecular complexity index is 720. The molecule has 0 saturated carbocycles. The maximum Gasteiger partial charge on any atom is 0.288 e. The van der Waals surface area contributed by atoms with E-state index in [2.05, 4.69) is 27.7 Å². The summed E-state index contributed by atoms with van der Waals surface area (Å²) in [7, 11) is 0. The van der Waals surface area contributed by atoms with Crippen molar-refractivity contribution >= 4 is 40.8 Å². The van der Waals surface area contributed by atoms with Crippen LogP contribution in [0.3, 0.4) is 0 Å². The third-order valence-corrected chi connectivity index (χ3v) is 5.88. The van der Waals surface area contributed by atoms with Crippen molar-refractivity contribution in [3.8, 4) is 0 Å². The Morgan fingerprint density at radius 3 is 2.81 bits per heavy atom. The van der Waals surface area contributed by atoms with Crippen molar-refractivity contribution in [2.45, 2.75) is 41.6 Å². The number of amidine groups is 1. The topological polar surface area (TPSA) is 53.8 Å². The molecule has 0 bridgehead atoms. The smallest absolute Gasteiger partial charge is 0.288 e. The molecule has 1 N–H and O–H groups in total. The maximum atomic E-state index is 12.3. The second kappa shape index (κ2) is 9.32. The van der Waals surface area contributed by atoms with E-state index < -0.39 is 5.76 Å². The summed E-state index contributed by atoms with van der Waals surface area (Å²) in [5, 5.41) is 11.2. The van der Waals surface area contributed by atoms with Crippen molar-refractivity contribution in [3.63, 3.8) is 0 Å². The van der Waals surface area contributed by atoms with Crippen molar-refractivity contribution in [2.24, 2.45) is 16.1 Å². The monoisotopic (exact) mass is 395 g/mol. The average molecular weight is 396 g/mol. The van der Waals surface area contributed by atoms with E-state index in [4.69, 9.17) is 0 Å². The van der Waals surface area contributed by atoms with E-state index in [1.165, 1.54) is 11.8 Å². The summed E-state index contributed by atoms with van der Waals surface area (Å²) in [4.78, 5) is 12.6. The minimum atomic E-state index is -2.43. The van der Waals surface area contributed by atoms with Crippen LogP contribution in [0, 0.1) is 5.92 Å². The SMILES string of the molecule is O=C1N/C(=N\N=C/[C@H]2CC=CCC2)S[C@H]1Cc1ccc(SC(F)F)cc1. The van der Waals surface area contributed by atoms with Crippen LogP contribution in [0.1, 0.15) is 24.8 Å². The van der Waals surface area contributed by atoms with Crippen LogP contribution >= 0.6 is 23.5 Å². The molecule has 138 valence electrons. The quantitative estimate of drug-likeness (QED) is 0.335. The minimum Gasteiger partial charge on any atom is -0.303 e. The first-order valence-electron chi connectivity index (χ1n) is 8.37. The summed E-state index contributed by atoms with van der Waals surface area (Å²) in [6.45, 7) is 0. The summed E-state index contributed by atoms with van der Waals surface area (Å²) < 4.78 is 24.7. The average Bonchev–Trinajstić information content (AvgIpc) is 2.97. The zero-order valence-electron chi connectivity index (χ0n) is 14.0. The van der Waals surface area contributed by atoms with E-state index in [0.717, 1.165) is 24.8 Å². The lowest BCUT2D eigenvalue weighted by molar-refractivity contribution is -0.118. The Morgan fingerprint density at radius 2 is 2.12 bits per heavy atom. The molecule has 2 aliphatic rings. The zero-order valence-corrected chi connectivity index (χ0v) is 15.6. The Hall–Kier alpha value is -1.67. The molecule has 26 heavy (non-hydrogen) atoms. The number of hydrogen-bond acceptors (Lipinski definition) is 5. The predicted molar refractivity (Wildman–Crippen MR) is 104 cm³/mol. The minimum absolute atomic E-state index is 0.101. The molecule has 2 atom stereocenters. The zero-order chi connectivity index (χ0) is 18.4. The number of alkyl halides is 2. The van der Waals surface area contributed by atoms with Gasteiger partial charge >= 0.3 is 0 Å². The highest BCUT2D eigenvalue weighted by molar-refractivity contribution is 8.15. The van der Waals surface area contributed by atoms with E-state index in [9.17, 15) is 13.6 Å². The Morgan fingerprint density at radius 1 is 1.31 bits per heavy atom. The van der Waals surface area contributed by atoms with Gasteiger partial charge in [0.25, 0.3) is 5.76 Å². The van der Waals surface area contributed by atoms with Gasteiger partial charge in [-0.3, -0.25) is 4.79 Å². The highest BCUT2D eigenvalue weighted by Gasteiger charge is 2.30. The van der Waals surface area contributed by atoms with Crippen LogP contribution in [-0.2, 0) is 11.2 Å². The molecule has 3 rings (SSSR count). The fourth-order valence-electron chi connectivity index (χ4n) is 2.74. The number of benzene rings is 1. The molecular weight excluding hydrogens is 376 g/mol. The lowest BCUT2D eigenvalue weighted by Crippen LogP contribution is -2.25. The Balaban J connectivity index is 1.53. The summed E-state index contributed by atoms with van der Waals surface area (Å²) in [5.41, 5.74) is 0.926. The fourth-order valence-corrected chi connectivity index (χ4v) is 4.20. The summed E-state index contributed by atoms with van der Waals surface area (Å²) in [6.07, 6.45) is 9.81. The first kappa shape index (κ1) is 19.1. The van der Waals surface area contributed by atoms with Crippen molar-refractivity contribution in [3.05, 3.63) is 42.0 Å². The predicted octanol–water partition coefficient (Wildman–Crippen LogP) is 4.47. The first-order valence-corrected chi connectivity index (χ1v) is 10.1. The van der Waals surface area contributed by atoms with Gasteiger partial charge < -0.3 is 5.32 Å². The number of rotatable bonds is 6. The van der Waals surface area contributed by atoms with Crippen LogP contribution in [0.4, 0.5) is 8.78 Å². The van der Waals surface area contributed by atoms with Gasteiger partial charge in [0.05, 0.1) is 5.25 Å².